The Balaban J connectivity index is 2.52. The average Bonchev–Trinajstić information content (AvgIpc) is 2.16. The summed E-state index contributed by atoms with van der Waals surface area (Å²) in [6.45, 7) is 3.93. The van der Waals surface area contributed by atoms with Gasteiger partial charge in [0.15, 0.2) is 0 Å². The van der Waals surface area contributed by atoms with E-state index in [2.05, 4.69) is 4.74 Å². The van der Waals surface area contributed by atoms with E-state index in [1.54, 1.807) is 4.90 Å². The Labute approximate surface area is 72.4 Å². The van der Waals surface area contributed by atoms with Crippen LogP contribution in [0.2, 0.25) is 0 Å². The van der Waals surface area contributed by atoms with Crippen LogP contribution in [0.1, 0.15) is 13.3 Å². The third-order valence-corrected chi connectivity index (χ3v) is 2.11. The van der Waals surface area contributed by atoms with Gasteiger partial charge in [-0.05, 0) is 6.42 Å². The number of carbonyl (C=O) groups is 1. The number of carbonyl (C=O) groups excluding carboxylic acids is 1. The second kappa shape index (κ2) is 4.30. The largest absolute Gasteiger partial charge is 0.453 e. The molecular weight excluding hydrogens is 158 g/mol. The molecule has 4 heteroatoms. The molecule has 1 unspecified atom stereocenters. The van der Waals surface area contributed by atoms with Crippen molar-refractivity contribution in [3.05, 3.63) is 0 Å². The Bertz CT molecular complexity index is 160. The van der Waals surface area contributed by atoms with Crippen LogP contribution in [0.15, 0.2) is 0 Å². The van der Waals surface area contributed by atoms with E-state index in [1.165, 1.54) is 7.11 Å². The smallest absolute Gasteiger partial charge is 0.409 e. The lowest BCUT2D eigenvalue weighted by atomic mass is 10.2. The molecule has 1 fully saturated rings. The fraction of sp³-hybridized carbons (Fsp3) is 0.875. The van der Waals surface area contributed by atoms with Gasteiger partial charge in [-0.1, -0.05) is 6.92 Å². The van der Waals surface area contributed by atoms with E-state index >= 15 is 0 Å². The normalized spacial score (nSPS) is 23.8. The van der Waals surface area contributed by atoms with Gasteiger partial charge in [0.05, 0.1) is 26.4 Å². The highest BCUT2D eigenvalue weighted by atomic mass is 16.5. The number of amides is 1. The van der Waals surface area contributed by atoms with Crippen LogP contribution in [0.3, 0.4) is 0 Å². The molecule has 0 aromatic rings. The van der Waals surface area contributed by atoms with Crippen molar-refractivity contribution in [2.24, 2.45) is 0 Å². The predicted octanol–water partition coefficient (Wildman–Crippen LogP) is 0.864. The zero-order chi connectivity index (χ0) is 8.97. The number of methoxy groups -OCH3 is 1. The van der Waals surface area contributed by atoms with Crippen LogP contribution in [0, 0.1) is 0 Å². The lowest BCUT2D eigenvalue weighted by molar-refractivity contribution is -0.00540. The molecule has 0 aromatic carbocycles. The van der Waals surface area contributed by atoms with E-state index < -0.39 is 0 Å². The quantitative estimate of drug-likeness (QED) is 0.590. The molecule has 1 aliphatic heterocycles. The lowest BCUT2D eigenvalue weighted by Gasteiger charge is -2.33. The first-order valence-corrected chi connectivity index (χ1v) is 4.22. The number of morpholine rings is 1. The Morgan fingerprint density at radius 1 is 1.75 bits per heavy atom. The molecule has 0 radical (unpaired) electrons. The fourth-order valence-corrected chi connectivity index (χ4v) is 1.35. The van der Waals surface area contributed by atoms with Gasteiger partial charge < -0.3 is 14.4 Å². The molecular formula is C8H15NO3. The van der Waals surface area contributed by atoms with Gasteiger partial charge in [0.25, 0.3) is 0 Å². The number of hydrogen-bond donors (Lipinski definition) is 0. The lowest BCUT2D eigenvalue weighted by Crippen LogP contribution is -2.48. The Hall–Kier alpha value is -0.770. The minimum absolute atomic E-state index is 0.186. The summed E-state index contributed by atoms with van der Waals surface area (Å²) in [6, 6.07) is 0.186. The molecule has 0 spiro atoms. The summed E-state index contributed by atoms with van der Waals surface area (Å²) in [7, 11) is 1.41. The zero-order valence-corrected chi connectivity index (χ0v) is 7.58. The molecule has 1 atom stereocenters. The minimum Gasteiger partial charge on any atom is -0.453 e. The monoisotopic (exact) mass is 173 g/mol. The highest BCUT2D eigenvalue weighted by Crippen LogP contribution is 2.10. The van der Waals surface area contributed by atoms with Crippen molar-refractivity contribution in [2.75, 3.05) is 26.9 Å². The van der Waals surface area contributed by atoms with Gasteiger partial charge in [-0.2, -0.15) is 0 Å². The molecule has 0 aromatic heterocycles. The maximum atomic E-state index is 11.2. The third kappa shape index (κ3) is 1.88. The van der Waals surface area contributed by atoms with Crippen LogP contribution in [0.4, 0.5) is 4.79 Å². The van der Waals surface area contributed by atoms with Crippen LogP contribution in [0.25, 0.3) is 0 Å². The second-order valence-electron chi connectivity index (χ2n) is 2.80. The van der Waals surface area contributed by atoms with Crippen LogP contribution in [0.5, 0.6) is 0 Å². The van der Waals surface area contributed by atoms with E-state index in [1.807, 2.05) is 6.92 Å². The van der Waals surface area contributed by atoms with Gasteiger partial charge in [-0.25, -0.2) is 4.79 Å². The fourth-order valence-electron chi connectivity index (χ4n) is 1.35. The van der Waals surface area contributed by atoms with Crippen LogP contribution in [-0.4, -0.2) is 43.9 Å². The van der Waals surface area contributed by atoms with Crippen molar-refractivity contribution >= 4 is 6.09 Å². The van der Waals surface area contributed by atoms with E-state index in [-0.39, 0.29) is 12.1 Å². The molecule has 70 valence electrons. The van der Waals surface area contributed by atoms with Crippen LogP contribution in [-0.2, 0) is 9.47 Å². The molecule has 4 nitrogen and oxygen atoms in total. The molecule has 0 bridgehead atoms. The van der Waals surface area contributed by atoms with Gasteiger partial charge in [-0.3, -0.25) is 0 Å². The molecule has 1 aliphatic rings. The van der Waals surface area contributed by atoms with Gasteiger partial charge in [0.2, 0.25) is 0 Å². The summed E-state index contributed by atoms with van der Waals surface area (Å²) in [5.41, 5.74) is 0. The first-order valence-electron chi connectivity index (χ1n) is 4.22. The zero-order valence-electron chi connectivity index (χ0n) is 7.58. The predicted molar refractivity (Wildman–Crippen MR) is 44.0 cm³/mol. The number of rotatable bonds is 1. The summed E-state index contributed by atoms with van der Waals surface area (Å²) in [5, 5.41) is 0. The first-order chi connectivity index (χ1) is 5.79. The van der Waals surface area contributed by atoms with Crippen molar-refractivity contribution in [3.63, 3.8) is 0 Å². The van der Waals surface area contributed by atoms with E-state index in [9.17, 15) is 4.79 Å². The number of nitrogens with zero attached hydrogens (tertiary/aromatic N) is 1. The van der Waals surface area contributed by atoms with Gasteiger partial charge in [0, 0.05) is 6.54 Å². The first kappa shape index (κ1) is 9.32. The minimum atomic E-state index is -0.245. The molecule has 0 saturated carbocycles. The molecule has 1 heterocycles. The van der Waals surface area contributed by atoms with Crippen LogP contribution >= 0.6 is 0 Å². The molecule has 12 heavy (non-hydrogen) atoms. The molecule has 0 N–H and O–H groups in total. The third-order valence-electron chi connectivity index (χ3n) is 2.11. The van der Waals surface area contributed by atoms with Crippen molar-refractivity contribution in [1.82, 2.24) is 4.90 Å². The van der Waals surface area contributed by atoms with E-state index in [4.69, 9.17) is 4.74 Å². The highest BCUT2D eigenvalue weighted by molar-refractivity contribution is 5.67. The SMILES string of the molecule is CCC1COCCN1C(=O)OC. The molecule has 1 amide bonds. The summed E-state index contributed by atoms with van der Waals surface area (Å²) in [6.07, 6.45) is 0.667. The standard InChI is InChI=1S/C8H15NO3/c1-3-7-6-12-5-4-9(7)8(10)11-2/h7H,3-6H2,1-2H3. The van der Waals surface area contributed by atoms with Gasteiger partial charge in [-0.15, -0.1) is 0 Å². The molecule has 1 saturated heterocycles. The number of ether oxygens (including phenoxy) is 2. The van der Waals surface area contributed by atoms with Crippen molar-refractivity contribution in [3.8, 4) is 0 Å². The topological polar surface area (TPSA) is 38.8 Å². The summed E-state index contributed by atoms with van der Waals surface area (Å²) < 4.78 is 9.90. The van der Waals surface area contributed by atoms with Crippen molar-refractivity contribution in [1.29, 1.82) is 0 Å². The summed E-state index contributed by atoms with van der Waals surface area (Å²) >= 11 is 0. The van der Waals surface area contributed by atoms with E-state index in [0.717, 1.165) is 6.42 Å². The average molecular weight is 173 g/mol. The molecule has 0 aliphatic carbocycles. The van der Waals surface area contributed by atoms with Crippen LogP contribution < -0.4 is 0 Å². The maximum absolute atomic E-state index is 11.2. The maximum Gasteiger partial charge on any atom is 0.409 e. The summed E-state index contributed by atoms with van der Waals surface area (Å²) in [5.74, 6) is 0. The van der Waals surface area contributed by atoms with Crippen molar-refractivity contribution in [2.45, 2.75) is 19.4 Å². The number of hydrogen-bond acceptors (Lipinski definition) is 3. The highest BCUT2D eigenvalue weighted by Gasteiger charge is 2.26. The van der Waals surface area contributed by atoms with E-state index in [0.29, 0.717) is 19.8 Å². The molecule has 1 rings (SSSR count). The van der Waals surface area contributed by atoms with Gasteiger partial charge in [0.1, 0.15) is 0 Å². The van der Waals surface area contributed by atoms with Crippen molar-refractivity contribution < 1.29 is 14.3 Å². The van der Waals surface area contributed by atoms with Gasteiger partial charge >= 0.3 is 6.09 Å². The Kier molecular flexibility index (Phi) is 3.34. The Morgan fingerprint density at radius 3 is 3.08 bits per heavy atom. The summed E-state index contributed by atoms with van der Waals surface area (Å²) in [4.78, 5) is 12.9. The Morgan fingerprint density at radius 2 is 2.50 bits per heavy atom. The second-order valence-corrected chi connectivity index (χ2v) is 2.80.